The van der Waals surface area contributed by atoms with Gasteiger partial charge in [-0.25, -0.2) is 9.37 Å². The van der Waals surface area contributed by atoms with Crippen LogP contribution in [0.3, 0.4) is 0 Å². The van der Waals surface area contributed by atoms with E-state index in [1.54, 1.807) is 37.6 Å². The molecule has 7 nitrogen and oxygen atoms in total. The zero-order valence-electron chi connectivity index (χ0n) is 19.2. The van der Waals surface area contributed by atoms with Gasteiger partial charge in [-0.3, -0.25) is 24.3 Å². The second kappa shape index (κ2) is 9.42. The Bertz CT molecular complexity index is 1230. The van der Waals surface area contributed by atoms with Gasteiger partial charge in [0.05, 0.1) is 18.0 Å². The summed E-state index contributed by atoms with van der Waals surface area (Å²) in [6.45, 7) is 3.79. The van der Waals surface area contributed by atoms with Crippen LogP contribution in [0.25, 0.3) is 0 Å². The minimum absolute atomic E-state index is 0.0431. The predicted octanol–water partition coefficient (Wildman–Crippen LogP) is 3.79. The molecule has 1 fully saturated rings. The lowest BCUT2D eigenvalue weighted by Crippen LogP contribution is -2.43. The maximum Gasteiger partial charge on any atom is 0.241 e. The summed E-state index contributed by atoms with van der Waals surface area (Å²) in [6, 6.07) is 8.78. The van der Waals surface area contributed by atoms with Crippen LogP contribution in [0, 0.1) is 12.7 Å². The molecule has 1 aliphatic heterocycles. The van der Waals surface area contributed by atoms with Crippen molar-refractivity contribution in [1.29, 1.82) is 0 Å². The van der Waals surface area contributed by atoms with Crippen molar-refractivity contribution in [3.05, 3.63) is 81.8 Å². The number of hydrogen-bond acceptors (Lipinski definition) is 6. The quantitative estimate of drug-likeness (QED) is 0.481. The molecule has 0 bridgehead atoms. The molecule has 34 heavy (non-hydrogen) atoms. The normalized spacial score (nSPS) is 18.9. The lowest BCUT2D eigenvalue weighted by Gasteiger charge is -2.31. The number of hydrogen-bond donors (Lipinski definition) is 0. The Morgan fingerprint density at radius 3 is 2.74 bits per heavy atom. The highest BCUT2D eigenvalue weighted by atomic mass is 32.1. The lowest BCUT2D eigenvalue weighted by atomic mass is 9.75. The average Bonchev–Trinajstić information content (AvgIpc) is 3.36. The molecule has 0 N–H and O–H groups in total. The minimum atomic E-state index is -1.48. The highest BCUT2D eigenvalue weighted by molar-refractivity contribution is 7.09. The maximum absolute atomic E-state index is 14.2. The van der Waals surface area contributed by atoms with Crippen molar-refractivity contribution in [2.45, 2.75) is 44.7 Å². The van der Waals surface area contributed by atoms with Gasteiger partial charge >= 0.3 is 0 Å². The van der Waals surface area contributed by atoms with Crippen LogP contribution < -0.4 is 0 Å². The monoisotopic (exact) mass is 480 g/mol. The number of pyridine rings is 1. The first-order valence-electron chi connectivity index (χ1n) is 10.9. The summed E-state index contributed by atoms with van der Waals surface area (Å²) in [5, 5.41) is 2.69. The fourth-order valence-corrected chi connectivity index (χ4v) is 5.11. The fraction of sp³-hybridized carbons (Fsp3) is 0.320. The number of aromatic nitrogens is 2. The first-order valence-corrected chi connectivity index (χ1v) is 11.8. The van der Waals surface area contributed by atoms with E-state index in [-0.39, 0.29) is 31.3 Å². The first kappa shape index (κ1) is 23.7. The van der Waals surface area contributed by atoms with Crippen LogP contribution in [0.2, 0.25) is 0 Å². The topological polar surface area (TPSA) is 83.5 Å². The number of amides is 3. The van der Waals surface area contributed by atoms with Gasteiger partial charge in [-0.05, 0) is 43.2 Å². The van der Waals surface area contributed by atoms with Crippen LogP contribution in [0.5, 0.6) is 0 Å². The lowest BCUT2D eigenvalue weighted by molar-refractivity contribution is -0.143. The van der Waals surface area contributed by atoms with Crippen molar-refractivity contribution in [1.82, 2.24) is 19.8 Å². The van der Waals surface area contributed by atoms with Gasteiger partial charge in [-0.2, -0.15) is 0 Å². The summed E-state index contributed by atoms with van der Waals surface area (Å²) in [4.78, 5) is 51.4. The van der Waals surface area contributed by atoms with E-state index in [4.69, 9.17) is 0 Å². The van der Waals surface area contributed by atoms with E-state index in [1.807, 2.05) is 19.2 Å². The van der Waals surface area contributed by atoms with Gasteiger partial charge in [0.25, 0.3) is 0 Å². The van der Waals surface area contributed by atoms with E-state index < -0.39 is 23.0 Å². The molecule has 176 valence electrons. The molecule has 0 aliphatic carbocycles. The summed E-state index contributed by atoms with van der Waals surface area (Å²) in [5.41, 5.74) is 0.395. The van der Waals surface area contributed by atoms with Crippen LogP contribution in [0.4, 0.5) is 4.39 Å². The number of rotatable bonds is 7. The SMILES string of the molecule is Cc1csc([C@@H](C)N(C)C(=O)C[C@@]2(c3cccc(F)c3)CC(=O)N(Cc3cccnc3)C2=O)n1. The fourth-order valence-electron chi connectivity index (χ4n) is 4.22. The third-order valence-electron chi connectivity index (χ3n) is 6.27. The molecule has 3 heterocycles. The average molecular weight is 481 g/mol. The van der Waals surface area contributed by atoms with E-state index in [0.29, 0.717) is 11.1 Å². The summed E-state index contributed by atoms with van der Waals surface area (Å²) >= 11 is 1.46. The number of likely N-dealkylation sites (tertiary alicyclic amines) is 1. The van der Waals surface area contributed by atoms with Crippen molar-refractivity contribution < 1.29 is 18.8 Å². The number of carbonyl (C=O) groups is 3. The van der Waals surface area contributed by atoms with Gasteiger partial charge in [0.15, 0.2) is 0 Å². The van der Waals surface area contributed by atoms with E-state index in [9.17, 15) is 18.8 Å². The maximum atomic E-state index is 14.2. The number of halogens is 1. The van der Waals surface area contributed by atoms with Gasteiger partial charge in [0.1, 0.15) is 10.8 Å². The van der Waals surface area contributed by atoms with Crippen molar-refractivity contribution in [3.63, 3.8) is 0 Å². The van der Waals surface area contributed by atoms with Gasteiger partial charge < -0.3 is 4.90 Å². The summed E-state index contributed by atoms with van der Waals surface area (Å²) in [6.07, 6.45) is 2.72. The number of aryl methyl sites for hydroxylation is 1. The second-order valence-electron chi connectivity index (χ2n) is 8.60. The van der Waals surface area contributed by atoms with Crippen molar-refractivity contribution in [2.75, 3.05) is 7.05 Å². The van der Waals surface area contributed by atoms with Crippen LogP contribution in [0.15, 0.2) is 54.2 Å². The Morgan fingerprint density at radius 2 is 2.09 bits per heavy atom. The molecule has 0 spiro atoms. The molecular weight excluding hydrogens is 455 g/mol. The van der Waals surface area contributed by atoms with E-state index >= 15 is 0 Å². The Hall–Kier alpha value is -3.46. The first-order chi connectivity index (χ1) is 16.2. The largest absolute Gasteiger partial charge is 0.337 e. The third-order valence-corrected chi connectivity index (χ3v) is 7.40. The van der Waals surface area contributed by atoms with E-state index in [1.165, 1.54) is 34.4 Å². The number of nitrogens with zero attached hydrogens (tertiary/aromatic N) is 4. The third kappa shape index (κ3) is 4.48. The zero-order chi connectivity index (χ0) is 24.5. The summed E-state index contributed by atoms with van der Waals surface area (Å²) < 4.78 is 14.2. The Balaban J connectivity index is 1.66. The van der Waals surface area contributed by atoms with E-state index in [2.05, 4.69) is 9.97 Å². The molecule has 0 radical (unpaired) electrons. The molecular formula is C25H25FN4O3S. The molecule has 9 heteroatoms. The van der Waals surface area contributed by atoms with Gasteiger partial charge in [-0.15, -0.1) is 11.3 Å². The molecule has 1 aromatic carbocycles. The van der Waals surface area contributed by atoms with Crippen LogP contribution in [-0.2, 0) is 26.3 Å². The molecule has 2 atom stereocenters. The Labute approximate surface area is 201 Å². The Kier molecular flexibility index (Phi) is 6.56. The highest BCUT2D eigenvalue weighted by Gasteiger charge is 2.54. The standard InChI is InChI=1S/C25H25FN4O3S/c1-16-15-34-23(28-16)17(2)29(3)21(31)11-25(19-7-4-8-20(26)10-19)12-22(32)30(24(25)33)14-18-6-5-9-27-13-18/h4-10,13,15,17H,11-12,14H2,1-3H3/t17-,25+/m1/s1. The summed E-state index contributed by atoms with van der Waals surface area (Å²) in [7, 11) is 1.65. The number of imide groups is 1. The molecule has 1 aliphatic rings. The highest BCUT2D eigenvalue weighted by Crippen LogP contribution is 2.41. The molecule has 0 unspecified atom stereocenters. The molecule has 4 rings (SSSR count). The molecule has 3 amide bonds. The smallest absolute Gasteiger partial charge is 0.241 e. The van der Waals surface area contributed by atoms with Crippen LogP contribution >= 0.6 is 11.3 Å². The van der Waals surface area contributed by atoms with Crippen LogP contribution in [-0.4, -0.2) is 44.5 Å². The zero-order valence-corrected chi connectivity index (χ0v) is 20.0. The predicted molar refractivity (Wildman–Crippen MR) is 125 cm³/mol. The summed E-state index contributed by atoms with van der Waals surface area (Å²) in [5.74, 6) is -1.77. The number of carbonyl (C=O) groups excluding carboxylic acids is 3. The van der Waals surface area contributed by atoms with Gasteiger partial charge in [-0.1, -0.05) is 18.2 Å². The second-order valence-corrected chi connectivity index (χ2v) is 9.49. The number of benzene rings is 1. The molecule has 0 saturated carbocycles. The number of thiazole rings is 1. The van der Waals surface area contributed by atoms with Crippen molar-refractivity contribution in [2.24, 2.45) is 0 Å². The Morgan fingerprint density at radius 1 is 1.29 bits per heavy atom. The van der Waals surface area contributed by atoms with E-state index in [0.717, 1.165) is 15.6 Å². The molecule has 2 aromatic heterocycles. The molecule has 3 aromatic rings. The van der Waals surface area contributed by atoms with Gasteiger partial charge in [0, 0.05) is 43.4 Å². The van der Waals surface area contributed by atoms with Crippen molar-refractivity contribution >= 4 is 29.1 Å². The molecule has 1 saturated heterocycles. The van der Waals surface area contributed by atoms with Crippen molar-refractivity contribution in [3.8, 4) is 0 Å². The minimum Gasteiger partial charge on any atom is -0.337 e. The van der Waals surface area contributed by atoms with Gasteiger partial charge in [0.2, 0.25) is 17.7 Å². The van der Waals surface area contributed by atoms with Crippen LogP contribution in [0.1, 0.15) is 47.6 Å².